The fourth-order valence-corrected chi connectivity index (χ4v) is 3.41. The van der Waals surface area contributed by atoms with E-state index in [1.807, 2.05) is 56.3 Å². The molecule has 27 heavy (non-hydrogen) atoms. The quantitative estimate of drug-likeness (QED) is 0.510. The summed E-state index contributed by atoms with van der Waals surface area (Å²) < 4.78 is 5.96. The Kier molecular flexibility index (Phi) is 5.98. The molecule has 0 bridgehead atoms. The van der Waals surface area contributed by atoms with E-state index in [1.54, 1.807) is 6.21 Å². The largest absolute Gasteiger partial charge is 0.488 e. The van der Waals surface area contributed by atoms with E-state index in [9.17, 15) is 4.79 Å². The third-order valence-electron chi connectivity index (χ3n) is 4.04. The van der Waals surface area contributed by atoms with E-state index in [0.717, 1.165) is 16.1 Å². The number of hydrazone groups is 1. The van der Waals surface area contributed by atoms with Crippen molar-refractivity contribution in [2.24, 2.45) is 5.10 Å². The van der Waals surface area contributed by atoms with Crippen LogP contribution in [0.15, 0.2) is 53.6 Å². The van der Waals surface area contributed by atoms with Crippen molar-refractivity contribution >= 4 is 23.5 Å². The summed E-state index contributed by atoms with van der Waals surface area (Å²) in [6, 6.07) is 15.7. The Morgan fingerprint density at radius 3 is 2.63 bits per heavy atom. The van der Waals surface area contributed by atoms with Crippen LogP contribution < -0.4 is 10.2 Å². The number of carbonyl (C=O) groups excluding carboxylic acids is 1. The molecule has 1 aromatic heterocycles. The number of carbonyl (C=O) groups is 1. The van der Waals surface area contributed by atoms with Gasteiger partial charge in [0.2, 0.25) is 0 Å². The van der Waals surface area contributed by atoms with Gasteiger partial charge in [0, 0.05) is 5.56 Å². The molecule has 0 aliphatic rings. The molecule has 0 radical (unpaired) electrons. The van der Waals surface area contributed by atoms with Crippen molar-refractivity contribution in [3.63, 3.8) is 0 Å². The van der Waals surface area contributed by atoms with Crippen molar-refractivity contribution in [3.05, 3.63) is 80.8 Å². The van der Waals surface area contributed by atoms with Crippen molar-refractivity contribution in [2.45, 2.75) is 27.4 Å². The molecule has 0 fully saturated rings. The van der Waals surface area contributed by atoms with E-state index < -0.39 is 0 Å². The normalized spacial score (nSPS) is 10.9. The number of benzene rings is 2. The van der Waals surface area contributed by atoms with E-state index in [1.165, 1.54) is 16.9 Å². The number of aryl methyl sites for hydroxylation is 3. The number of hydrogen-bond donors (Lipinski definition) is 1. The number of aromatic nitrogens is 1. The molecular formula is C21H21N3O2S. The van der Waals surface area contributed by atoms with Crippen LogP contribution in [0.4, 0.5) is 0 Å². The van der Waals surface area contributed by atoms with Gasteiger partial charge >= 0.3 is 0 Å². The van der Waals surface area contributed by atoms with Crippen molar-refractivity contribution in [1.82, 2.24) is 10.4 Å². The van der Waals surface area contributed by atoms with Crippen LogP contribution in [-0.2, 0) is 6.61 Å². The zero-order valence-corrected chi connectivity index (χ0v) is 16.3. The van der Waals surface area contributed by atoms with E-state index >= 15 is 0 Å². The Morgan fingerprint density at radius 2 is 1.89 bits per heavy atom. The van der Waals surface area contributed by atoms with Gasteiger partial charge in [-0.25, -0.2) is 10.4 Å². The number of nitrogens with one attached hydrogen (secondary N) is 1. The number of para-hydroxylation sites is 1. The lowest BCUT2D eigenvalue weighted by Crippen LogP contribution is -2.17. The molecule has 0 saturated heterocycles. The second-order valence-electron chi connectivity index (χ2n) is 6.10. The highest BCUT2D eigenvalue weighted by molar-refractivity contribution is 7.13. The number of ether oxygens (including phenoxy) is 1. The Morgan fingerprint density at radius 1 is 1.15 bits per heavy atom. The first-order valence-electron chi connectivity index (χ1n) is 8.58. The number of nitrogens with zero attached hydrogens (tertiary/aromatic N) is 2. The van der Waals surface area contributed by atoms with Crippen LogP contribution >= 0.6 is 11.3 Å². The van der Waals surface area contributed by atoms with Crippen LogP contribution in [0, 0.1) is 20.8 Å². The van der Waals surface area contributed by atoms with Gasteiger partial charge in [-0.3, -0.25) is 4.79 Å². The molecule has 138 valence electrons. The van der Waals surface area contributed by atoms with Crippen LogP contribution in [0.25, 0.3) is 0 Å². The molecule has 2 aromatic carbocycles. The van der Waals surface area contributed by atoms with Gasteiger partial charge in [0.1, 0.15) is 17.2 Å². The molecule has 0 aliphatic carbocycles. The van der Waals surface area contributed by atoms with Crippen molar-refractivity contribution in [1.29, 1.82) is 0 Å². The second-order valence-corrected chi connectivity index (χ2v) is 7.30. The van der Waals surface area contributed by atoms with Crippen molar-refractivity contribution < 1.29 is 9.53 Å². The summed E-state index contributed by atoms with van der Waals surface area (Å²) >= 11 is 1.36. The zero-order valence-electron chi connectivity index (χ0n) is 15.5. The summed E-state index contributed by atoms with van der Waals surface area (Å²) in [6.07, 6.45) is 1.59. The average molecular weight is 379 g/mol. The number of thiazole rings is 1. The predicted octanol–water partition coefficient (Wildman–Crippen LogP) is 4.41. The molecule has 1 amide bonds. The maximum atomic E-state index is 12.2. The highest BCUT2D eigenvalue weighted by atomic mass is 32.1. The maximum Gasteiger partial charge on any atom is 0.283 e. The van der Waals surface area contributed by atoms with Gasteiger partial charge in [-0.2, -0.15) is 5.10 Å². The minimum Gasteiger partial charge on any atom is -0.488 e. The number of amides is 1. The molecule has 5 nitrogen and oxygen atoms in total. The lowest BCUT2D eigenvalue weighted by atomic mass is 10.1. The highest BCUT2D eigenvalue weighted by Crippen LogP contribution is 2.19. The summed E-state index contributed by atoms with van der Waals surface area (Å²) in [6.45, 7) is 6.23. The first kappa shape index (κ1) is 18.8. The third kappa shape index (κ3) is 4.80. The standard InChI is InChI=1S/C21H21N3O2S/c1-14-8-4-5-10-18(14)13-26-19-11-7-6-9-17(19)12-22-24-21(25)20-15(2)23-16(3)27-20/h4-12H,13H2,1-3H3,(H,24,25)/b22-12+. The molecule has 0 aliphatic heterocycles. The molecule has 0 spiro atoms. The molecule has 0 saturated carbocycles. The molecule has 0 unspecified atom stereocenters. The fourth-order valence-electron chi connectivity index (χ4n) is 2.60. The molecular weight excluding hydrogens is 358 g/mol. The van der Waals surface area contributed by atoms with Crippen LogP contribution in [0.3, 0.4) is 0 Å². The Labute approximate surface area is 162 Å². The molecule has 1 heterocycles. The van der Waals surface area contributed by atoms with Crippen molar-refractivity contribution in [3.8, 4) is 5.75 Å². The van der Waals surface area contributed by atoms with Crippen molar-refractivity contribution in [2.75, 3.05) is 0 Å². The number of rotatable bonds is 6. The van der Waals surface area contributed by atoms with Gasteiger partial charge in [-0.15, -0.1) is 11.3 Å². The first-order valence-corrected chi connectivity index (χ1v) is 9.40. The molecule has 6 heteroatoms. The van der Waals surface area contributed by atoms with Gasteiger partial charge in [0.15, 0.2) is 0 Å². The van der Waals surface area contributed by atoms with Gasteiger partial charge in [0.25, 0.3) is 5.91 Å². The smallest absolute Gasteiger partial charge is 0.283 e. The summed E-state index contributed by atoms with van der Waals surface area (Å²) in [7, 11) is 0. The Hall–Kier alpha value is -2.99. The average Bonchev–Trinajstić information content (AvgIpc) is 3.00. The lowest BCUT2D eigenvalue weighted by molar-refractivity contribution is 0.0958. The predicted molar refractivity (Wildman–Crippen MR) is 109 cm³/mol. The van der Waals surface area contributed by atoms with E-state index in [0.29, 0.717) is 22.9 Å². The molecule has 3 rings (SSSR count). The molecule has 3 aromatic rings. The minimum atomic E-state index is -0.257. The lowest BCUT2D eigenvalue weighted by Gasteiger charge is -2.10. The zero-order chi connectivity index (χ0) is 19.2. The van der Waals surface area contributed by atoms with Crippen LogP contribution in [0.1, 0.15) is 37.1 Å². The molecule has 0 atom stereocenters. The van der Waals surface area contributed by atoms with E-state index in [2.05, 4.69) is 28.5 Å². The third-order valence-corrected chi connectivity index (χ3v) is 5.11. The van der Waals surface area contributed by atoms with Crippen LogP contribution in [0.2, 0.25) is 0 Å². The Balaban J connectivity index is 1.67. The Bertz CT molecular complexity index is 979. The van der Waals surface area contributed by atoms with Gasteiger partial charge in [-0.1, -0.05) is 36.4 Å². The maximum absolute atomic E-state index is 12.2. The fraction of sp³-hybridized carbons (Fsp3) is 0.190. The summed E-state index contributed by atoms with van der Waals surface area (Å²) in [5, 5.41) is 4.93. The van der Waals surface area contributed by atoms with Gasteiger partial charge < -0.3 is 4.74 Å². The minimum absolute atomic E-state index is 0.257. The SMILES string of the molecule is Cc1nc(C)c(C(=O)N/N=C/c2ccccc2OCc2ccccc2C)s1. The molecule has 1 N–H and O–H groups in total. The summed E-state index contributed by atoms with van der Waals surface area (Å²) in [5.74, 6) is 0.455. The number of hydrogen-bond acceptors (Lipinski definition) is 5. The second kappa shape index (κ2) is 8.60. The van der Waals surface area contributed by atoms with Crippen LogP contribution in [-0.4, -0.2) is 17.1 Å². The first-order chi connectivity index (χ1) is 13.0. The summed E-state index contributed by atoms with van der Waals surface area (Å²) in [5.41, 5.74) is 6.39. The van der Waals surface area contributed by atoms with Crippen LogP contribution in [0.5, 0.6) is 5.75 Å². The highest BCUT2D eigenvalue weighted by Gasteiger charge is 2.12. The topological polar surface area (TPSA) is 63.6 Å². The van der Waals surface area contributed by atoms with E-state index in [4.69, 9.17) is 4.74 Å². The van der Waals surface area contributed by atoms with Gasteiger partial charge in [0.05, 0.1) is 16.9 Å². The summed E-state index contributed by atoms with van der Waals surface area (Å²) in [4.78, 5) is 17.1. The monoisotopic (exact) mass is 379 g/mol. The van der Waals surface area contributed by atoms with E-state index in [-0.39, 0.29) is 5.91 Å². The van der Waals surface area contributed by atoms with Gasteiger partial charge in [-0.05, 0) is 44.0 Å².